The molecule has 0 aromatic heterocycles. The van der Waals surface area contributed by atoms with Crippen molar-refractivity contribution in [2.45, 2.75) is 38.6 Å². The molecule has 0 unspecified atom stereocenters. The van der Waals surface area contributed by atoms with Crippen LogP contribution in [0, 0.1) is 5.92 Å². The van der Waals surface area contributed by atoms with Crippen LogP contribution in [0.3, 0.4) is 0 Å². The Morgan fingerprint density at radius 2 is 1.91 bits per heavy atom. The van der Waals surface area contributed by atoms with Crippen LogP contribution in [0.4, 0.5) is 0 Å². The Bertz CT molecular complexity index is 442. The summed E-state index contributed by atoms with van der Waals surface area (Å²) in [6.07, 6.45) is 4.69. The number of hydrogen-bond acceptors (Lipinski definition) is 3. The van der Waals surface area contributed by atoms with E-state index in [9.17, 15) is 4.79 Å². The third-order valence-electron chi connectivity index (χ3n) is 4.28. The lowest BCUT2D eigenvalue weighted by Crippen LogP contribution is -2.43. The molecule has 1 fully saturated rings. The molecule has 4 nitrogen and oxygen atoms in total. The van der Waals surface area contributed by atoms with Crippen molar-refractivity contribution in [2.75, 3.05) is 26.7 Å². The minimum atomic E-state index is 0.127. The highest BCUT2D eigenvalue weighted by Crippen LogP contribution is 2.23. The van der Waals surface area contributed by atoms with Crippen molar-refractivity contribution < 1.29 is 9.53 Å². The molecule has 0 bridgehead atoms. The maximum absolute atomic E-state index is 12.0. The summed E-state index contributed by atoms with van der Waals surface area (Å²) in [6.45, 7) is 4.06. The van der Waals surface area contributed by atoms with Gasteiger partial charge in [0.1, 0.15) is 12.4 Å². The molecule has 4 heteroatoms. The average Bonchev–Trinajstić information content (AvgIpc) is 2.50. The summed E-state index contributed by atoms with van der Waals surface area (Å²) >= 11 is 0. The number of amides is 1. The molecule has 0 heterocycles. The lowest BCUT2D eigenvalue weighted by molar-refractivity contribution is -0.123. The Kier molecular flexibility index (Phi) is 6.72. The Morgan fingerprint density at radius 1 is 1.23 bits per heavy atom. The number of benzene rings is 1. The zero-order valence-electron chi connectivity index (χ0n) is 13.8. The fourth-order valence-electron chi connectivity index (χ4n) is 2.84. The van der Waals surface area contributed by atoms with Gasteiger partial charge >= 0.3 is 0 Å². The van der Waals surface area contributed by atoms with Crippen LogP contribution in [-0.2, 0) is 4.79 Å². The summed E-state index contributed by atoms with van der Waals surface area (Å²) in [4.78, 5) is 14.0. The molecule has 1 aromatic rings. The van der Waals surface area contributed by atoms with Gasteiger partial charge in [-0.2, -0.15) is 0 Å². The molecule has 22 heavy (non-hydrogen) atoms. The number of likely N-dealkylation sites (N-methyl/N-ethyl adjacent to an activating group) is 1. The van der Waals surface area contributed by atoms with Crippen molar-refractivity contribution in [3.63, 3.8) is 0 Å². The molecule has 1 aliphatic rings. The van der Waals surface area contributed by atoms with Crippen molar-refractivity contribution in [1.82, 2.24) is 10.2 Å². The van der Waals surface area contributed by atoms with Crippen molar-refractivity contribution in [3.05, 3.63) is 30.3 Å². The highest BCUT2D eigenvalue weighted by molar-refractivity contribution is 5.78. The molecule has 0 aliphatic heterocycles. The molecule has 122 valence electrons. The Morgan fingerprint density at radius 3 is 2.59 bits per heavy atom. The third-order valence-corrected chi connectivity index (χ3v) is 4.28. The van der Waals surface area contributed by atoms with E-state index in [4.69, 9.17) is 4.74 Å². The van der Waals surface area contributed by atoms with Crippen molar-refractivity contribution >= 4 is 5.91 Å². The van der Waals surface area contributed by atoms with Gasteiger partial charge < -0.3 is 10.1 Å². The number of nitrogens with zero attached hydrogens (tertiary/aromatic N) is 1. The van der Waals surface area contributed by atoms with Gasteiger partial charge in [-0.05, 0) is 50.8 Å². The van der Waals surface area contributed by atoms with Crippen LogP contribution in [0.15, 0.2) is 30.3 Å². The van der Waals surface area contributed by atoms with Crippen LogP contribution in [0.1, 0.15) is 32.6 Å². The standard InChI is InChI=1S/C18H28N2O2/c1-15-8-10-16(11-9-15)19-18(21)14-20(2)12-13-22-17-6-4-3-5-7-17/h3-7,15-16H,8-14H2,1-2H3,(H,19,21). The topological polar surface area (TPSA) is 41.6 Å². The molecule has 0 spiro atoms. The number of para-hydroxylation sites is 1. The van der Waals surface area contributed by atoms with Crippen LogP contribution in [-0.4, -0.2) is 43.6 Å². The molecular formula is C18H28N2O2. The first-order chi connectivity index (χ1) is 10.6. The number of carbonyl (C=O) groups is 1. The summed E-state index contributed by atoms with van der Waals surface area (Å²) < 4.78 is 5.65. The van der Waals surface area contributed by atoms with Gasteiger partial charge in [0.2, 0.25) is 5.91 Å². The predicted octanol–water partition coefficient (Wildman–Crippen LogP) is 2.69. The van der Waals surface area contributed by atoms with Gasteiger partial charge in [-0.1, -0.05) is 25.1 Å². The maximum Gasteiger partial charge on any atom is 0.234 e. The second-order valence-electron chi connectivity index (χ2n) is 6.42. The van der Waals surface area contributed by atoms with Gasteiger partial charge in [0.05, 0.1) is 6.54 Å². The second kappa shape index (κ2) is 8.79. The van der Waals surface area contributed by atoms with E-state index in [0.29, 0.717) is 19.2 Å². The van der Waals surface area contributed by atoms with E-state index in [2.05, 4.69) is 12.2 Å². The largest absolute Gasteiger partial charge is 0.492 e. The Labute approximate surface area is 133 Å². The lowest BCUT2D eigenvalue weighted by Gasteiger charge is -2.27. The van der Waals surface area contributed by atoms with Crippen LogP contribution in [0.5, 0.6) is 5.75 Å². The van der Waals surface area contributed by atoms with Gasteiger partial charge in [0.25, 0.3) is 0 Å². The van der Waals surface area contributed by atoms with Crippen LogP contribution in [0.25, 0.3) is 0 Å². The normalized spacial score (nSPS) is 21.6. The number of nitrogens with one attached hydrogen (secondary N) is 1. The Hall–Kier alpha value is -1.55. The van der Waals surface area contributed by atoms with Gasteiger partial charge in [-0.15, -0.1) is 0 Å². The molecule has 2 rings (SSSR count). The number of carbonyl (C=O) groups excluding carboxylic acids is 1. The minimum absolute atomic E-state index is 0.127. The fourth-order valence-corrected chi connectivity index (χ4v) is 2.84. The highest BCUT2D eigenvalue weighted by atomic mass is 16.5. The third kappa shape index (κ3) is 6.06. The second-order valence-corrected chi connectivity index (χ2v) is 6.42. The molecule has 1 aliphatic carbocycles. The van der Waals surface area contributed by atoms with Gasteiger partial charge in [-0.25, -0.2) is 0 Å². The fraction of sp³-hybridized carbons (Fsp3) is 0.611. The van der Waals surface area contributed by atoms with Crippen LogP contribution in [0.2, 0.25) is 0 Å². The SMILES string of the molecule is CC1CCC(NC(=O)CN(C)CCOc2ccccc2)CC1. The van der Waals surface area contributed by atoms with Crippen molar-refractivity contribution in [3.8, 4) is 5.75 Å². The first-order valence-corrected chi connectivity index (χ1v) is 8.29. The predicted molar refractivity (Wildman–Crippen MR) is 89.0 cm³/mol. The molecule has 1 N–H and O–H groups in total. The van der Waals surface area contributed by atoms with E-state index in [1.807, 2.05) is 42.3 Å². The quantitative estimate of drug-likeness (QED) is 0.842. The molecule has 0 saturated heterocycles. The van der Waals surface area contributed by atoms with E-state index >= 15 is 0 Å². The summed E-state index contributed by atoms with van der Waals surface area (Å²) in [6, 6.07) is 10.1. The van der Waals surface area contributed by atoms with Crippen LogP contribution >= 0.6 is 0 Å². The molecule has 0 atom stereocenters. The van der Waals surface area contributed by atoms with E-state index in [1.165, 1.54) is 12.8 Å². The Balaban J connectivity index is 1.60. The molecule has 1 saturated carbocycles. The van der Waals surface area contributed by atoms with Crippen molar-refractivity contribution in [2.24, 2.45) is 5.92 Å². The molecular weight excluding hydrogens is 276 g/mol. The monoisotopic (exact) mass is 304 g/mol. The summed E-state index contributed by atoms with van der Waals surface area (Å²) in [5.41, 5.74) is 0. The summed E-state index contributed by atoms with van der Waals surface area (Å²) in [5.74, 6) is 1.81. The number of ether oxygens (including phenoxy) is 1. The average molecular weight is 304 g/mol. The van der Waals surface area contributed by atoms with Crippen molar-refractivity contribution in [1.29, 1.82) is 0 Å². The van der Waals surface area contributed by atoms with E-state index in [0.717, 1.165) is 31.1 Å². The molecule has 1 amide bonds. The first kappa shape index (κ1) is 16.8. The number of hydrogen-bond donors (Lipinski definition) is 1. The molecule has 1 aromatic carbocycles. The van der Waals surface area contributed by atoms with Gasteiger partial charge in [-0.3, -0.25) is 9.69 Å². The van der Waals surface area contributed by atoms with Gasteiger partial charge in [0, 0.05) is 12.6 Å². The van der Waals surface area contributed by atoms with E-state index in [1.54, 1.807) is 0 Å². The summed E-state index contributed by atoms with van der Waals surface area (Å²) in [5, 5.41) is 3.16. The van der Waals surface area contributed by atoms with Crippen LogP contribution < -0.4 is 10.1 Å². The zero-order chi connectivity index (χ0) is 15.8. The lowest BCUT2D eigenvalue weighted by atomic mass is 9.87. The highest BCUT2D eigenvalue weighted by Gasteiger charge is 2.20. The summed E-state index contributed by atoms with van der Waals surface area (Å²) in [7, 11) is 1.96. The first-order valence-electron chi connectivity index (χ1n) is 8.29. The van der Waals surface area contributed by atoms with E-state index < -0.39 is 0 Å². The minimum Gasteiger partial charge on any atom is -0.492 e. The number of rotatable bonds is 7. The maximum atomic E-state index is 12.0. The van der Waals surface area contributed by atoms with E-state index in [-0.39, 0.29) is 5.91 Å². The zero-order valence-corrected chi connectivity index (χ0v) is 13.8. The smallest absolute Gasteiger partial charge is 0.234 e. The van der Waals surface area contributed by atoms with Gasteiger partial charge in [0.15, 0.2) is 0 Å². The molecule has 0 radical (unpaired) electrons.